The van der Waals surface area contributed by atoms with E-state index < -0.39 is 23.1 Å². The zero-order valence-electron chi connectivity index (χ0n) is 13.8. The third-order valence-electron chi connectivity index (χ3n) is 4.45. The van der Waals surface area contributed by atoms with Gasteiger partial charge in [-0.15, -0.1) is 0 Å². The van der Waals surface area contributed by atoms with Crippen molar-refractivity contribution in [1.29, 1.82) is 0 Å². The van der Waals surface area contributed by atoms with E-state index in [1.54, 1.807) is 0 Å². The van der Waals surface area contributed by atoms with Crippen LogP contribution >= 0.6 is 0 Å². The number of hydrogen-bond donors (Lipinski definition) is 1. The molecule has 0 unspecified atom stereocenters. The van der Waals surface area contributed by atoms with Crippen molar-refractivity contribution >= 4 is 5.91 Å². The van der Waals surface area contributed by atoms with Crippen LogP contribution in [0.15, 0.2) is 42.5 Å². The van der Waals surface area contributed by atoms with Gasteiger partial charge in [-0.05, 0) is 23.3 Å². The molecule has 0 bridgehead atoms. The van der Waals surface area contributed by atoms with Crippen molar-refractivity contribution in [2.24, 2.45) is 0 Å². The molecule has 0 saturated carbocycles. The summed E-state index contributed by atoms with van der Waals surface area (Å²) in [5, 5.41) is 9.06. The predicted octanol–water partition coefficient (Wildman–Crippen LogP) is 2.42. The average molecular weight is 346 g/mol. The molecule has 1 heterocycles. The molecule has 1 amide bonds. The van der Waals surface area contributed by atoms with Crippen molar-refractivity contribution < 1.29 is 18.7 Å². The van der Waals surface area contributed by atoms with Crippen LogP contribution < -0.4 is 0 Å². The zero-order valence-corrected chi connectivity index (χ0v) is 13.8. The Morgan fingerprint density at radius 3 is 2.04 bits per heavy atom. The van der Waals surface area contributed by atoms with Gasteiger partial charge in [0.25, 0.3) is 5.91 Å². The highest BCUT2D eigenvalue weighted by atomic mass is 19.1. The molecule has 1 N–H and O–H groups in total. The van der Waals surface area contributed by atoms with E-state index in [9.17, 15) is 13.6 Å². The molecule has 25 heavy (non-hydrogen) atoms. The summed E-state index contributed by atoms with van der Waals surface area (Å²) in [6.45, 7) is 2.91. The lowest BCUT2D eigenvalue weighted by Crippen LogP contribution is -2.48. The molecule has 1 aliphatic heterocycles. The largest absolute Gasteiger partial charge is 0.392 e. The molecule has 1 saturated heterocycles. The number of hydrogen-bond acceptors (Lipinski definition) is 3. The smallest absolute Gasteiger partial charge is 0.259 e. The van der Waals surface area contributed by atoms with Crippen molar-refractivity contribution in [3.05, 3.63) is 70.8 Å². The molecular weight excluding hydrogens is 326 g/mol. The summed E-state index contributed by atoms with van der Waals surface area (Å²) in [7, 11) is 0. The van der Waals surface area contributed by atoms with E-state index >= 15 is 0 Å². The topological polar surface area (TPSA) is 43.8 Å². The molecule has 1 fully saturated rings. The fourth-order valence-corrected chi connectivity index (χ4v) is 2.98. The van der Waals surface area contributed by atoms with E-state index in [1.807, 2.05) is 24.3 Å². The van der Waals surface area contributed by atoms with Gasteiger partial charge in [-0.2, -0.15) is 0 Å². The molecule has 1 aliphatic rings. The monoisotopic (exact) mass is 346 g/mol. The number of carbonyl (C=O) groups is 1. The Kier molecular flexibility index (Phi) is 5.40. The summed E-state index contributed by atoms with van der Waals surface area (Å²) in [5.41, 5.74) is 1.51. The number of carbonyl (C=O) groups excluding carboxylic acids is 1. The summed E-state index contributed by atoms with van der Waals surface area (Å²) in [6.07, 6.45) is 0. The van der Waals surface area contributed by atoms with Crippen LogP contribution in [-0.2, 0) is 13.2 Å². The van der Waals surface area contributed by atoms with Crippen LogP contribution in [0.3, 0.4) is 0 Å². The second-order valence-corrected chi connectivity index (χ2v) is 6.14. The van der Waals surface area contributed by atoms with Gasteiger partial charge in [-0.1, -0.05) is 30.3 Å². The van der Waals surface area contributed by atoms with Crippen molar-refractivity contribution in [3.8, 4) is 0 Å². The Balaban J connectivity index is 1.58. The van der Waals surface area contributed by atoms with Gasteiger partial charge in [0, 0.05) is 32.7 Å². The highest BCUT2D eigenvalue weighted by Crippen LogP contribution is 2.17. The zero-order chi connectivity index (χ0) is 17.8. The summed E-state index contributed by atoms with van der Waals surface area (Å²) in [4.78, 5) is 16.1. The van der Waals surface area contributed by atoms with Gasteiger partial charge in [0.2, 0.25) is 0 Å². The van der Waals surface area contributed by atoms with Crippen LogP contribution in [0, 0.1) is 11.6 Å². The number of piperazine rings is 1. The summed E-state index contributed by atoms with van der Waals surface area (Å²) in [5.74, 6) is -2.24. The summed E-state index contributed by atoms with van der Waals surface area (Å²) >= 11 is 0. The van der Waals surface area contributed by atoms with Crippen molar-refractivity contribution in [3.63, 3.8) is 0 Å². The molecule has 132 valence electrons. The fraction of sp³-hybridized carbons (Fsp3) is 0.316. The minimum atomic E-state index is -0.823. The number of aliphatic hydroxyl groups is 1. The number of aliphatic hydroxyl groups excluding tert-OH is 1. The first kappa shape index (κ1) is 17.5. The van der Waals surface area contributed by atoms with Crippen LogP contribution in [0.1, 0.15) is 21.5 Å². The minimum Gasteiger partial charge on any atom is -0.392 e. The molecule has 4 nitrogen and oxygen atoms in total. The second kappa shape index (κ2) is 7.72. The number of nitrogens with zero attached hydrogens (tertiary/aromatic N) is 2. The molecule has 0 aromatic heterocycles. The highest BCUT2D eigenvalue weighted by Gasteiger charge is 2.26. The van der Waals surface area contributed by atoms with Gasteiger partial charge >= 0.3 is 0 Å². The lowest BCUT2D eigenvalue weighted by atomic mass is 10.1. The number of amides is 1. The summed E-state index contributed by atoms with van der Waals surface area (Å²) < 4.78 is 27.5. The van der Waals surface area contributed by atoms with E-state index in [0.29, 0.717) is 26.2 Å². The fourth-order valence-electron chi connectivity index (χ4n) is 2.98. The van der Waals surface area contributed by atoms with E-state index in [2.05, 4.69) is 4.90 Å². The first-order valence-corrected chi connectivity index (χ1v) is 8.23. The van der Waals surface area contributed by atoms with Gasteiger partial charge < -0.3 is 10.0 Å². The Morgan fingerprint density at radius 2 is 1.48 bits per heavy atom. The minimum absolute atomic E-state index is 0.0215. The Labute approximate surface area is 145 Å². The lowest BCUT2D eigenvalue weighted by Gasteiger charge is -2.34. The van der Waals surface area contributed by atoms with Crippen LogP contribution in [0.25, 0.3) is 0 Å². The summed E-state index contributed by atoms with van der Waals surface area (Å²) in [6, 6.07) is 11.2. The molecule has 2 aromatic carbocycles. The third kappa shape index (κ3) is 4.03. The third-order valence-corrected chi connectivity index (χ3v) is 4.45. The predicted molar refractivity (Wildman–Crippen MR) is 89.9 cm³/mol. The maximum atomic E-state index is 13.8. The van der Waals surface area contributed by atoms with Crippen LogP contribution in [0.4, 0.5) is 8.78 Å². The van der Waals surface area contributed by atoms with Crippen LogP contribution in [-0.4, -0.2) is 47.0 Å². The molecule has 2 aromatic rings. The van der Waals surface area contributed by atoms with Crippen molar-refractivity contribution in [2.75, 3.05) is 26.2 Å². The molecular formula is C19H20F2N2O2. The van der Waals surface area contributed by atoms with Gasteiger partial charge in [0.15, 0.2) is 0 Å². The molecule has 0 atom stereocenters. The Morgan fingerprint density at radius 1 is 0.920 bits per heavy atom. The highest BCUT2D eigenvalue weighted by molar-refractivity contribution is 5.94. The van der Waals surface area contributed by atoms with Gasteiger partial charge in [0.05, 0.1) is 6.61 Å². The Bertz CT molecular complexity index is 721. The molecule has 0 radical (unpaired) electrons. The van der Waals surface area contributed by atoms with E-state index in [0.717, 1.165) is 29.8 Å². The molecule has 0 aliphatic carbocycles. The Hall–Kier alpha value is -2.31. The molecule has 0 spiro atoms. The second-order valence-electron chi connectivity index (χ2n) is 6.14. The number of rotatable bonds is 4. The van der Waals surface area contributed by atoms with Gasteiger partial charge in [-0.3, -0.25) is 9.69 Å². The van der Waals surface area contributed by atoms with Crippen molar-refractivity contribution in [2.45, 2.75) is 13.2 Å². The van der Waals surface area contributed by atoms with Crippen LogP contribution in [0.2, 0.25) is 0 Å². The quantitative estimate of drug-likeness (QED) is 0.925. The van der Waals surface area contributed by atoms with E-state index in [-0.39, 0.29) is 6.61 Å². The number of halogens is 2. The normalized spacial score (nSPS) is 15.4. The first-order valence-electron chi connectivity index (χ1n) is 8.23. The number of benzene rings is 2. The maximum Gasteiger partial charge on any atom is 0.259 e. The van der Waals surface area contributed by atoms with Gasteiger partial charge in [0.1, 0.15) is 17.2 Å². The maximum absolute atomic E-state index is 13.8. The van der Waals surface area contributed by atoms with Crippen LogP contribution in [0.5, 0.6) is 0 Å². The standard InChI is InChI=1S/C19H20F2N2O2/c20-16-2-1-3-17(21)18(16)19(25)23-10-8-22(9-11-23)12-14-4-6-15(13-24)7-5-14/h1-7,24H,8-13H2. The molecule has 3 rings (SSSR count). The first-order chi connectivity index (χ1) is 12.1. The van der Waals surface area contributed by atoms with E-state index in [1.165, 1.54) is 11.0 Å². The SMILES string of the molecule is O=C(c1c(F)cccc1F)N1CCN(Cc2ccc(CO)cc2)CC1. The van der Waals surface area contributed by atoms with Gasteiger partial charge in [-0.25, -0.2) is 8.78 Å². The molecule has 6 heteroatoms. The lowest BCUT2D eigenvalue weighted by molar-refractivity contribution is 0.0619. The average Bonchev–Trinajstić information content (AvgIpc) is 2.63. The van der Waals surface area contributed by atoms with Crippen molar-refractivity contribution in [1.82, 2.24) is 9.80 Å². The van der Waals surface area contributed by atoms with E-state index in [4.69, 9.17) is 5.11 Å².